The molecular formula is C15H18F6I2N2O3. The number of hydrogen-bond acceptors (Lipinski definition) is 5. The predicted molar refractivity (Wildman–Crippen MR) is 101 cm³/mol. The van der Waals surface area contributed by atoms with Gasteiger partial charge < -0.3 is 0 Å². The van der Waals surface area contributed by atoms with Crippen LogP contribution < -0.4 is 7.06 Å². The summed E-state index contributed by atoms with van der Waals surface area (Å²) in [6, 6.07) is 0. The first-order chi connectivity index (χ1) is 12.8. The Morgan fingerprint density at radius 1 is 1.14 bits per heavy atom. The van der Waals surface area contributed by atoms with E-state index in [1.54, 1.807) is 0 Å². The van der Waals surface area contributed by atoms with Crippen molar-refractivity contribution in [2.45, 2.75) is 51.2 Å². The average molecular weight is 642 g/mol. The Hall–Kier alpha value is 0.390. The van der Waals surface area contributed by atoms with Crippen molar-refractivity contribution in [3.63, 3.8) is 0 Å². The van der Waals surface area contributed by atoms with Crippen LogP contribution in [-0.2, 0) is 9.53 Å². The van der Waals surface area contributed by atoms with Crippen molar-refractivity contribution >= 4 is 48.9 Å². The van der Waals surface area contributed by atoms with E-state index in [4.69, 9.17) is 4.74 Å². The summed E-state index contributed by atoms with van der Waals surface area (Å²) in [4.78, 5) is 12.2. The van der Waals surface area contributed by atoms with Gasteiger partial charge >= 0.3 is 178 Å². The van der Waals surface area contributed by atoms with Crippen LogP contribution >= 0.6 is 43.0 Å². The first-order valence-electron chi connectivity index (χ1n) is 8.70. The number of esters is 1. The molecule has 0 amide bonds. The number of halogens is 8. The first-order valence-corrected chi connectivity index (χ1v) is 13.2. The number of hydrogen-bond donors (Lipinski definition) is 3. The third kappa shape index (κ3) is 3.43. The second-order valence-electron chi connectivity index (χ2n) is 7.99. The van der Waals surface area contributed by atoms with Crippen molar-refractivity contribution in [1.82, 2.24) is 7.06 Å². The Morgan fingerprint density at radius 3 is 2.14 bits per heavy atom. The van der Waals surface area contributed by atoms with E-state index in [0.717, 1.165) is 0 Å². The van der Waals surface area contributed by atoms with Gasteiger partial charge in [0.25, 0.3) is 0 Å². The van der Waals surface area contributed by atoms with Crippen molar-refractivity contribution in [2.24, 2.45) is 23.7 Å². The van der Waals surface area contributed by atoms with Crippen molar-refractivity contribution in [3.8, 4) is 0 Å². The van der Waals surface area contributed by atoms with Gasteiger partial charge in [-0.1, -0.05) is 0 Å². The molecule has 2 aliphatic carbocycles. The molecule has 13 heteroatoms. The van der Waals surface area contributed by atoms with Crippen LogP contribution in [0.25, 0.3) is 0 Å². The van der Waals surface area contributed by atoms with E-state index in [1.807, 2.05) is 22.6 Å². The minimum absolute atomic E-state index is 0.00322. The van der Waals surface area contributed by atoms with Crippen molar-refractivity contribution in [2.75, 3.05) is 6.61 Å². The van der Waals surface area contributed by atoms with Gasteiger partial charge in [0.2, 0.25) is 0 Å². The van der Waals surface area contributed by atoms with Gasteiger partial charge in [-0.2, -0.15) is 0 Å². The monoisotopic (exact) mass is 642 g/mol. The van der Waals surface area contributed by atoms with Gasteiger partial charge in [-0.15, -0.1) is 0 Å². The molecule has 3 N–H and O–H groups in total. The number of alkyl halides is 8. The fourth-order valence-corrected chi connectivity index (χ4v) is 12.1. The van der Waals surface area contributed by atoms with Crippen molar-refractivity contribution < 1.29 is 41.0 Å². The Bertz CT molecular complexity index is 655. The molecule has 5 nitrogen and oxygen atoms in total. The molecule has 2 saturated heterocycles. The average Bonchev–Trinajstić information content (AvgIpc) is 3.33. The molecule has 5 atom stereocenters. The van der Waals surface area contributed by atoms with Gasteiger partial charge in [0.1, 0.15) is 0 Å². The zero-order chi connectivity index (χ0) is 20.7. The number of carbonyl (C=O) groups excluding carboxylic acids is 1. The van der Waals surface area contributed by atoms with E-state index in [-0.39, 0.29) is 32.5 Å². The zero-order valence-corrected chi connectivity index (χ0v) is 18.5. The van der Waals surface area contributed by atoms with Gasteiger partial charge in [-0.3, -0.25) is 0 Å². The van der Waals surface area contributed by atoms with E-state index >= 15 is 0 Å². The SMILES string of the molecule is O=C(OCC1CC2CC(CC(O)(C(F)(F)F)C(F)(F)F)C1C2)C(I)C12NI1N2. The van der Waals surface area contributed by atoms with Crippen molar-refractivity contribution in [1.29, 1.82) is 0 Å². The molecule has 0 radical (unpaired) electrons. The molecule has 0 spiro atoms. The van der Waals surface area contributed by atoms with E-state index in [9.17, 15) is 36.2 Å². The van der Waals surface area contributed by atoms with Gasteiger partial charge in [0, 0.05) is 0 Å². The second-order valence-corrected chi connectivity index (χ2v) is 13.6. The van der Waals surface area contributed by atoms with Gasteiger partial charge in [0.05, 0.1) is 0 Å². The topological polar surface area (TPSA) is 90.4 Å². The summed E-state index contributed by atoms with van der Waals surface area (Å²) in [5.74, 6) is -2.00. The summed E-state index contributed by atoms with van der Waals surface area (Å²) < 4.78 is 89.2. The van der Waals surface area contributed by atoms with Crippen LogP contribution in [-0.4, -0.2) is 43.2 Å². The number of nitrogens with one attached hydrogen (secondary N) is 2. The van der Waals surface area contributed by atoms with Crippen LogP contribution in [0.3, 0.4) is 0 Å². The molecule has 4 aliphatic rings. The molecule has 5 unspecified atom stereocenters. The summed E-state index contributed by atoms with van der Waals surface area (Å²) in [5.41, 5.74) is -4.71. The van der Waals surface area contributed by atoms with E-state index in [0.29, 0.717) is 12.8 Å². The summed E-state index contributed by atoms with van der Waals surface area (Å²) in [5, 5.41) is 9.51. The molecule has 4 rings (SSSR count). The van der Waals surface area contributed by atoms with Crippen LogP contribution in [0.1, 0.15) is 25.7 Å². The fraction of sp³-hybridized carbons (Fsp3) is 0.933. The molecule has 2 heterocycles. The molecule has 2 saturated carbocycles. The number of rotatable bonds is 6. The predicted octanol–water partition coefficient (Wildman–Crippen LogP) is 3.44. The van der Waals surface area contributed by atoms with Gasteiger partial charge in [-0.25, -0.2) is 0 Å². The maximum atomic E-state index is 13.0. The first kappa shape index (κ1) is 21.6. The Morgan fingerprint density at radius 2 is 1.68 bits per heavy atom. The van der Waals surface area contributed by atoms with Gasteiger partial charge in [0.15, 0.2) is 0 Å². The Balaban J connectivity index is 1.37. The van der Waals surface area contributed by atoms with Gasteiger partial charge in [-0.05, 0) is 0 Å². The number of aliphatic hydroxyl groups is 1. The molecule has 2 aliphatic heterocycles. The molecule has 28 heavy (non-hydrogen) atoms. The Kier molecular flexibility index (Phi) is 5.17. The second kappa shape index (κ2) is 6.69. The van der Waals surface area contributed by atoms with E-state index in [1.165, 1.54) is 0 Å². The third-order valence-electron chi connectivity index (χ3n) is 6.27. The summed E-state index contributed by atoms with van der Waals surface area (Å²) in [7, 11) is 0. The van der Waals surface area contributed by atoms with E-state index in [2.05, 4.69) is 7.06 Å². The normalized spacial score (nSPS) is 35.5. The maximum absolute atomic E-state index is 13.0. The zero-order valence-electron chi connectivity index (χ0n) is 14.2. The van der Waals surface area contributed by atoms with E-state index < -0.39 is 62.5 Å². The molecule has 162 valence electrons. The molecule has 4 fully saturated rings. The number of ether oxygens (including phenoxy) is 1. The quantitative estimate of drug-likeness (QED) is 0.0787. The van der Waals surface area contributed by atoms with Crippen LogP contribution in [0.2, 0.25) is 0 Å². The van der Waals surface area contributed by atoms with Crippen molar-refractivity contribution in [3.05, 3.63) is 0 Å². The fourth-order valence-electron chi connectivity index (χ4n) is 4.70. The molecule has 0 aromatic carbocycles. The van der Waals surface area contributed by atoms with Crippen LogP contribution in [0, 0.1) is 23.7 Å². The number of carbonyl (C=O) groups is 1. The third-order valence-corrected chi connectivity index (χ3v) is 13.5. The van der Waals surface area contributed by atoms with Crippen LogP contribution in [0.4, 0.5) is 26.3 Å². The molecule has 0 aromatic heterocycles. The Labute approximate surface area is 177 Å². The summed E-state index contributed by atoms with van der Waals surface area (Å²) >= 11 is 0.671. The molecule has 2 bridgehead atoms. The summed E-state index contributed by atoms with van der Waals surface area (Å²) in [6.07, 6.45) is -11.6. The van der Waals surface area contributed by atoms with Crippen LogP contribution in [0.15, 0.2) is 0 Å². The standard InChI is InChI=1S/C15H18F6I2N2O3/c16-14(17,18)12(27,15(19,20)21)4-7-1-6-2-8(9(7)3-6)5-28-11(26)10(22)13-23(24-13)25-13/h6-10,24-25,27H,1-5H2. The molecule has 0 aromatic rings. The molecular weight excluding hydrogens is 624 g/mol. The van der Waals surface area contributed by atoms with Crippen LogP contribution in [0.5, 0.6) is 0 Å². The summed E-state index contributed by atoms with van der Waals surface area (Å²) in [6.45, 7) is -0.00322. The number of fused-ring (bicyclic) bond motifs is 3. The minimum atomic E-state index is -5.79.